The molecule has 7 heteroatoms. The van der Waals surface area contributed by atoms with Crippen LogP contribution in [0.25, 0.3) is 0 Å². The van der Waals surface area contributed by atoms with Gasteiger partial charge in [-0.15, -0.1) is 0 Å². The topological polar surface area (TPSA) is 109 Å². The molecule has 0 aliphatic heterocycles. The molecule has 0 radical (unpaired) electrons. The second-order valence-corrected chi connectivity index (χ2v) is 4.12. The van der Waals surface area contributed by atoms with Crippen molar-refractivity contribution in [1.29, 1.82) is 0 Å². The summed E-state index contributed by atoms with van der Waals surface area (Å²) in [6, 6.07) is 1.29. The van der Waals surface area contributed by atoms with Gasteiger partial charge in [0.1, 0.15) is 11.4 Å². The number of hydrogen-bond acceptors (Lipinski definition) is 6. The van der Waals surface area contributed by atoms with Crippen molar-refractivity contribution in [3.05, 3.63) is 27.9 Å². The zero-order chi connectivity index (χ0) is 13.1. The number of anilines is 1. The SMILES string of the molecule is Cc1cnc(NCC(C)(O)CO)cc1[N+](=O)[O-]. The molecule has 0 aliphatic carbocycles. The van der Waals surface area contributed by atoms with E-state index in [1.54, 1.807) is 6.92 Å². The monoisotopic (exact) mass is 241 g/mol. The van der Waals surface area contributed by atoms with E-state index in [0.29, 0.717) is 5.56 Å². The summed E-state index contributed by atoms with van der Waals surface area (Å²) < 4.78 is 0. The molecule has 0 spiro atoms. The van der Waals surface area contributed by atoms with E-state index in [1.807, 2.05) is 0 Å². The van der Waals surface area contributed by atoms with E-state index in [2.05, 4.69) is 10.3 Å². The quantitative estimate of drug-likeness (QED) is 0.510. The zero-order valence-corrected chi connectivity index (χ0v) is 9.67. The van der Waals surface area contributed by atoms with Crippen LogP contribution in [0, 0.1) is 17.0 Å². The van der Waals surface area contributed by atoms with Gasteiger partial charge in [-0.2, -0.15) is 0 Å². The second-order valence-electron chi connectivity index (χ2n) is 4.12. The summed E-state index contributed by atoms with van der Waals surface area (Å²) in [5.74, 6) is 0.288. The number of nitrogens with one attached hydrogen (secondary N) is 1. The molecule has 1 atom stereocenters. The van der Waals surface area contributed by atoms with E-state index in [4.69, 9.17) is 5.11 Å². The highest BCUT2D eigenvalue weighted by Gasteiger charge is 2.19. The number of nitrogens with zero attached hydrogens (tertiary/aromatic N) is 2. The van der Waals surface area contributed by atoms with Gasteiger partial charge in [0.05, 0.1) is 17.6 Å². The van der Waals surface area contributed by atoms with E-state index in [0.717, 1.165) is 0 Å². The maximum atomic E-state index is 10.7. The standard InChI is InChI=1S/C10H15N3O4/c1-7-4-11-9(3-8(7)13(16)17)12-5-10(2,15)6-14/h3-4,14-15H,5-6H2,1-2H3,(H,11,12). The number of aryl methyl sites for hydroxylation is 1. The van der Waals surface area contributed by atoms with Crippen LogP contribution in [-0.2, 0) is 0 Å². The van der Waals surface area contributed by atoms with Crippen molar-refractivity contribution in [3.63, 3.8) is 0 Å². The Balaban J connectivity index is 2.80. The van der Waals surface area contributed by atoms with Gasteiger partial charge in [0, 0.05) is 18.3 Å². The summed E-state index contributed by atoms with van der Waals surface area (Å²) in [5.41, 5.74) is -0.859. The Labute approximate surface area is 98.3 Å². The van der Waals surface area contributed by atoms with Crippen molar-refractivity contribution in [2.45, 2.75) is 19.4 Å². The summed E-state index contributed by atoms with van der Waals surface area (Å²) in [6.45, 7) is 2.69. The fourth-order valence-electron chi connectivity index (χ4n) is 1.14. The van der Waals surface area contributed by atoms with Gasteiger partial charge in [0.2, 0.25) is 0 Å². The molecule has 0 amide bonds. The summed E-state index contributed by atoms with van der Waals surface area (Å²) in [6.07, 6.45) is 1.38. The summed E-state index contributed by atoms with van der Waals surface area (Å²) in [7, 11) is 0. The van der Waals surface area contributed by atoms with Crippen LogP contribution in [0.3, 0.4) is 0 Å². The van der Waals surface area contributed by atoms with Gasteiger partial charge < -0.3 is 15.5 Å². The van der Waals surface area contributed by atoms with Crippen LogP contribution in [0.1, 0.15) is 12.5 Å². The summed E-state index contributed by atoms with van der Waals surface area (Å²) >= 11 is 0. The van der Waals surface area contributed by atoms with Crippen molar-refractivity contribution >= 4 is 11.5 Å². The Bertz CT molecular complexity index is 420. The minimum Gasteiger partial charge on any atom is -0.393 e. The second kappa shape index (κ2) is 5.07. The maximum Gasteiger partial charge on any atom is 0.277 e. The van der Waals surface area contributed by atoms with Gasteiger partial charge >= 0.3 is 0 Å². The Morgan fingerprint density at radius 3 is 2.82 bits per heavy atom. The Morgan fingerprint density at radius 1 is 1.65 bits per heavy atom. The molecule has 0 saturated carbocycles. The third-order valence-electron chi connectivity index (χ3n) is 2.26. The largest absolute Gasteiger partial charge is 0.393 e. The zero-order valence-electron chi connectivity index (χ0n) is 9.67. The van der Waals surface area contributed by atoms with Crippen LogP contribution >= 0.6 is 0 Å². The van der Waals surface area contributed by atoms with E-state index < -0.39 is 17.1 Å². The van der Waals surface area contributed by atoms with Crippen LogP contribution in [0.5, 0.6) is 0 Å². The molecular weight excluding hydrogens is 226 g/mol. The third-order valence-corrected chi connectivity index (χ3v) is 2.26. The summed E-state index contributed by atoms with van der Waals surface area (Å²) in [5, 5.41) is 31.8. The fourth-order valence-corrected chi connectivity index (χ4v) is 1.14. The first kappa shape index (κ1) is 13.3. The molecule has 1 unspecified atom stereocenters. The normalized spacial score (nSPS) is 14.1. The lowest BCUT2D eigenvalue weighted by Crippen LogP contribution is -2.37. The van der Waals surface area contributed by atoms with Gasteiger partial charge in [-0.05, 0) is 13.8 Å². The average Bonchev–Trinajstić information content (AvgIpc) is 2.27. The molecule has 0 aromatic carbocycles. The number of pyridine rings is 1. The van der Waals surface area contributed by atoms with Gasteiger partial charge in [0.15, 0.2) is 0 Å². The number of rotatable bonds is 5. The van der Waals surface area contributed by atoms with Gasteiger partial charge in [-0.1, -0.05) is 0 Å². The minimum absolute atomic E-state index is 0.0360. The predicted molar refractivity (Wildman–Crippen MR) is 61.8 cm³/mol. The van der Waals surface area contributed by atoms with E-state index in [9.17, 15) is 15.2 Å². The first-order valence-corrected chi connectivity index (χ1v) is 5.04. The minimum atomic E-state index is -1.29. The number of aromatic nitrogens is 1. The molecule has 0 aliphatic rings. The molecule has 0 bridgehead atoms. The predicted octanol–water partition coefficient (Wildman–Crippen LogP) is 0.453. The molecule has 0 fully saturated rings. The van der Waals surface area contributed by atoms with Crippen LogP contribution in [0.2, 0.25) is 0 Å². The first-order valence-electron chi connectivity index (χ1n) is 5.04. The lowest BCUT2D eigenvalue weighted by atomic mass is 10.1. The molecule has 94 valence electrons. The van der Waals surface area contributed by atoms with Crippen LogP contribution < -0.4 is 5.32 Å². The highest BCUT2D eigenvalue weighted by atomic mass is 16.6. The Hall–Kier alpha value is -1.73. The number of nitro groups is 1. The van der Waals surface area contributed by atoms with Crippen molar-refractivity contribution < 1.29 is 15.1 Å². The van der Waals surface area contributed by atoms with E-state index in [-0.39, 0.29) is 18.1 Å². The van der Waals surface area contributed by atoms with Crippen molar-refractivity contribution in [3.8, 4) is 0 Å². The Morgan fingerprint density at radius 2 is 2.29 bits per heavy atom. The van der Waals surface area contributed by atoms with Crippen LogP contribution in [0.4, 0.5) is 11.5 Å². The summed E-state index contributed by atoms with van der Waals surface area (Å²) in [4.78, 5) is 14.1. The molecule has 7 nitrogen and oxygen atoms in total. The van der Waals surface area contributed by atoms with Gasteiger partial charge in [-0.25, -0.2) is 4.98 Å². The van der Waals surface area contributed by atoms with Gasteiger partial charge in [0.25, 0.3) is 5.69 Å². The molecule has 0 saturated heterocycles. The highest BCUT2D eigenvalue weighted by Crippen LogP contribution is 2.20. The van der Waals surface area contributed by atoms with E-state index >= 15 is 0 Å². The third kappa shape index (κ3) is 3.65. The van der Waals surface area contributed by atoms with Crippen LogP contribution in [-0.4, -0.2) is 38.9 Å². The Kier molecular flexibility index (Phi) is 3.97. The smallest absolute Gasteiger partial charge is 0.277 e. The highest BCUT2D eigenvalue weighted by molar-refractivity contribution is 5.49. The molecule has 1 heterocycles. The molecule has 1 aromatic heterocycles. The lowest BCUT2D eigenvalue weighted by molar-refractivity contribution is -0.385. The van der Waals surface area contributed by atoms with Crippen molar-refractivity contribution in [2.24, 2.45) is 0 Å². The first-order chi connectivity index (χ1) is 7.85. The molecule has 1 rings (SSSR count). The fraction of sp³-hybridized carbons (Fsp3) is 0.500. The number of hydrogen-bond donors (Lipinski definition) is 3. The molecular formula is C10H15N3O4. The molecule has 1 aromatic rings. The van der Waals surface area contributed by atoms with Crippen molar-refractivity contribution in [1.82, 2.24) is 4.98 Å². The number of aliphatic hydroxyl groups is 2. The van der Waals surface area contributed by atoms with E-state index in [1.165, 1.54) is 19.2 Å². The van der Waals surface area contributed by atoms with Crippen molar-refractivity contribution in [2.75, 3.05) is 18.5 Å². The molecule has 3 N–H and O–H groups in total. The average molecular weight is 241 g/mol. The molecule has 17 heavy (non-hydrogen) atoms. The van der Waals surface area contributed by atoms with Crippen LogP contribution in [0.15, 0.2) is 12.3 Å². The lowest BCUT2D eigenvalue weighted by Gasteiger charge is -2.20. The number of aliphatic hydroxyl groups excluding tert-OH is 1. The van der Waals surface area contributed by atoms with Gasteiger partial charge in [-0.3, -0.25) is 10.1 Å². The maximum absolute atomic E-state index is 10.7.